The van der Waals surface area contributed by atoms with Crippen LogP contribution in [0, 0.1) is 13.7 Å². The normalized spacial score (nSPS) is 19.9. The number of rotatable bonds is 3. The van der Waals surface area contributed by atoms with E-state index in [4.69, 9.17) is 4.74 Å². The number of aliphatic hydroxyl groups is 1. The van der Waals surface area contributed by atoms with E-state index >= 15 is 0 Å². The number of nitro groups is 1. The molecule has 1 aliphatic heterocycles. The zero-order valence-corrected chi connectivity index (χ0v) is 11.7. The van der Waals surface area contributed by atoms with Gasteiger partial charge in [0.15, 0.2) is 0 Å². The first-order valence-corrected chi connectivity index (χ1v) is 6.60. The molecule has 2 rings (SSSR count). The van der Waals surface area contributed by atoms with Crippen LogP contribution in [0.4, 0.5) is 11.4 Å². The van der Waals surface area contributed by atoms with Gasteiger partial charge in [0.1, 0.15) is 0 Å². The summed E-state index contributed by atoms with van der Waals surface area (Å²) in [4.78, 5) is 12.3. The van der Waals surface area contributed by atoms with Crippen molar-refractivity contribution in [2.45, 2.75) is 6.04 Å². The van der Waals surface area contributed by atoms with E-state index in [1.807, 2.05) is 4.90 Å². The van der Waals surface area contributed by atoms with Gasteiger partial charge in [0.2, 0.25) is 0 Å². The molecule has 1 heterocycles. The Labute approximate surface area is 118 Å². The molecule has 1 saturated heterocycles. The number of benzene rings is 1. The van der Waals surface area contributed by atoms with Crippen LogP contribution in [-0.4, -0.2) is 42.4 Å². The van der Waals surface area contributed by atoms with E-state index in [1.54, 1.807) is 12.1 Å². The standard InChI is InChI=1S/C11H13IN2O4/c12-10-5-8(14(16)17)1-2-11(10)13-3-4-18-7-9(13)6-15/h1-2,5,9,15H,3-4,6-7H2. The lowest BCUT2D eigenvalue weighted by atomic mass is 10.2. The summed E-state index contributed by atoms with van der Waals surface area (Å²) in [5, 5.41) is 20.0. The molecule has 1 unspecified atom stereocenters. The van der Waals surface area contributed by atoms with Gasteiger partial charge in [0, 0.05) is 22.2 Å². The minimum Gasteiger partial charge on any atom is -0.394 e. The van der Waals surface area contributed by atoms with Crippen LogP contribution >= 0.6 is 22.6 Å². The average molecular weight is 364 g/mol. The zero-order valence-electron chi connectivity index (χ0n) is 9.58. The highest BCUT2D eigenvalue weighted by Crippen LogP contribution is 2.29. The van der Waals surface area contributed by atoms with Crippen molar-refractivity contribution in [3.05, 3.63) is 31.9 Å². The molecule has 7 heteroatoms. The van der Waals surface area contributed by atoms with Crippen LogP contribution in [0.15, 0.2) is 18.2 Å². The van der Waals surface area contributed by atoms with Gasteiger partial charge < -0.3 is 14.7 Å². The number of hydrogen-bond acceptors (Lipinski definition) is 5. The molecule has 0 spiro atoms. The summed E-state index contributed by atoms with van der Waals surface area (Å²) in [6.45, 7) is 1.76. The van der Waals surface area contributed by atoms with Gasteiger partial charge in [-0.15, -0.1) is 0 Å². The van der Waals surface area contributed by atoms with Crippen LogP contribution in [0.5, 0.6) is 0 Å². The van der Waals surface area contributed by atoms with Crippen LogP contribution in [0.2, 0.25) is 0 Å². The first-order chi connectivity index (χ1) is 8.63. The van der Waals surface area contributed by atoms with Crippen molar-refractivity contribution >= 4 is 34.0 Å². The van der Waals surface area contributed by atoms with E-state index in [0.717, 1.165) is 9.26 Å². The van der Waals surface area contributed by atoms with E-state index in [0.29, 0.717) is 19.8 Å². The van der Waals surface area contributed by atoms with Crippen molar-refractivity contribution in [2.24, 2.45) is 0 Å². The van der Waals surface area contributed by atoms with Crippen molar-refractivity contribution in [1.29, 1.82) is 0 Å². The third-order valence-corrected chi connectivity index (χ3v) is 3.75. The number of halogens is 1. The second-order valence-corrected chi connectivity index (χ2v) is 5.16. The Hall–Kier alpha value is -0.930. The lowest BCUT2D eigenvalue weighted by Crippen LogP contribution is -2.48. The Bertz CT molecular complexity index is 455. The molecule has 0 aliphatic carbocycles. The molecule has 1 aromatic carbocycles. The summed E-state index contributed by atoms with van der Waals surface area (Å²) in [6.07, 6.45) is 0. The molecular weight excluding hydrogens is 351 g/mol. The maximum Gasteiger partial charge on any atom is 0.270 e. The lowest BCUT2D eigenvalue weighted by Gasteiger charge is -2.36. The molecule has 0 saturated carbocycles. The van der Waals surface area contributed by atoms with Gasteiger partial charge in [-0.1, -0.05) is 0 Å². The van der Waals surface area contributed by atoms with Crippen LogP contribution < -0.4 is 4.90 Å². The van der Waals surface area contributed by atoms with Gasteiger partial charge >= 0.3 is 0 Å². The zero-order chi connectivity index (χ0) is 13.1. The van der Waals surface area contributed by atoms with Gasteiger partial charge in [-0.25, -0.2) is 0 Å². The minimum absolute atomic E-state index is 0.00701. The van der Waals surface area contributed by atoms with E-state index in [-0.39, 0.29) is 18.3 Å². The molecule has 1 atom stereocenters. The number of ether oxygens (including phenoxy) is 1. The quantitative estimate of drug-likeness (QED) is 0.499. The predicted molar refractivity (Wildman–Crippen MR) is 74.9 cm³/mol. The number of nitro benzene ring substituents is 1. The predicted octanol–water partition coefficient (Wildman–Crippen LogP) is 1.40. The summed E-state index contributed by atoms with van der Waals surface area (Å²) in [6, 6.07) is 4.67. The second-order valence-electron chi connectivity index (χ2n) is 4.00. The van der Waals surface area contributed by atoms with Crippen molar-refractivity contribution < 1.29 is 14.8 Å². The number of morpholine rings is 1. The SMILES string of the molecule is O=[N+]([O-])c1ccc(N2CCOCC2CO)c(I)c1. The largest absolute Gasteiger partial charge is 0.394 e. The fourth-order valence-corrected chi connectivity index (χ4v) is 2.77. The molecular formula is C11H13IN2O4. The lowest BCUT2D eigenvalue weighted by molar-refractivity contribution is -0.384. The summed E-state index contributed by atoms with van der Waals surface area (Å²) in [5.74, 6) is 0. The third-order valence-electron chi connectivity index (χ3n) is 2.89. The first-order valence-electron chi connectivity index (χ1n) is 5.52. The van der Waals surface area contributed by atoms with Crippen molar-refractivity contribution in [3.8, 4) is 0 Å². The van der Waals surface area contributed by atoms with Crippen molar-refractivity contribution in [1.82, 2.24) is 0 Å². The molecule has 1 aromatic rings. The van der Waals surface area contributed by atoms with Crippen LogP contribution in [0.25, 0.3) is 0 Å². The Morgan fingerprint density at radius 1 is 1.61 bits per heavy atom. The van der Waals surface area contributed by atoms with E-state index in [1.165, 1.54) is 6.07 Å². The number of aliphatic hydroxyl groups excluding tert-OH is 1. The van der Waals surface area contributed by atoms with Crippen molar-refractivity contribution in [2.75, 3.05) is 31.3 Å². The maximum atomic E-state index is 10.7. The number of nitrogens with zero attached hydrogens (tertiary/aromatic N) is 2. The summed E-state index contributed by atoms with van der Waals surface area (Å²) < 4.78 is 6.12. The fourth-order valence-electron chi connectivity index (χ4n) is 1.97. The average Bonchev–Trinajstić information content (AvgIpc) is 2.38. The smallest absolute Gasteiger partial charge is 0.270 e. The number of hydrogen-bond donors (Lipinski definition) is 1. The highest BCUT2D eigenvalue weighted by molar-refractivity contribution is 14.1. The van der Waals surface area contributed by atoms with Crippen molar-refractivity contribution in [3.63, 3.8) is 0 Å². The van der Waals surface area contributed by atoms with Gasteiger partial charge in [-0.3, -0.25) is 10.1 Å². The summed E-state index contributed by atoms with van der Waals surface area (Å²) >= 11 is 2.08. The van der Waals surface area contributed by atoms with Gasteiger partial charge in [0.05, 0.1) is 36.5 Å². The molecule has 0 aromatic heterocycles. The molecule has 0 amide bonds. The first kappa shape index (κ1) is 13.5. The highest BCUT2D eigenvalue weighted by atomic mass is 127. The van der Waals surface area contributed by atoms with Gasteiger partial charge in [0.25, 0.3) is 5.69 Å². The fraction of sp³-hybridized carbons (Fsp3) is 0.455. The minimum atomic E-state index is -0.408. The Morgan fingerprint density at radius 3 is 3.00 bits per heavy atom. The molecule has 1 aliphatic rings. The molecule has 6 nitrogen and oxygen atoms in total. The van der Waals surface area contributed by atoms with Crippen LogP contribution in [0.1, 0.15) is 0 Å². The summed E-state index contributed by atoms with van der Waals surface area (Å²) in [7, 11) is 0. The molecule has 1 N–H and O–H groups in total. The molecule has 0 bridgehead atoms. The number of non-ortho nitro benzene ring substituents is 1. The highest BCUT2D eigenvalue weighted by Gasteiger charge is 2.24. The maximum absolute atomic E-state index is 10.7. The summed E-state index contributed by atoms with van der Waals surface area (Å²) in [5.41, 5.74) is 0.987. The van der Waals surface area contributed by atoms with Gasteiger partial charge in [-0.05, 0) is 28.7 Å². The molecule has 18 heavy (non-hydrogen) atoms. The van der Waals surface area contributed by atoms with E-state index in [9.17, 15) is 15.2 Å². The van der Waals surface area contributed by atoms with E-state index < -0.39 is 4.92 Å². The Balaban J connectivity index is 2.29. The number of anilines is 1. The monoisotopic (exact) mass is 364 g/mol. The Kier molecular flexibility index (Phi) is 4.36. The van der Waals surface area contributed by atoms with E-state index in [2.05, 4.69) is 22.6 Å². The second kappa shape index (κ2) is 5.81. The molecule has 1 fully saturated rings. The van der Waals surface area contributed by atoms with Gasteiger partial charge in [-0.2, -0.15) is 0 Å². The molecule has 98 valence electrons. The molecule has 0 radical (unpaired) electrons. The third kappa shape index (κ3) is 2.73. The topological polar surface area (TPSA) is 75.8 Å². The Morgan fingerprint density at radius 2 is 2.39 bits per heavy atom. The van der Waals surface area contributed by atoms with Crippen LogP contribution in [0.3, 0.4) is 0 Å². The van der Waals surface area contributed by atoms with Crippen LogP contribution in [-0.2, 0) is 4.74 Å².